The van der Waals surface area contributed by atoms with Gasteiger partial charge in [-0.3, -0.25) is 0 Å². The van der Waals surface area contributed by atoms with Crippen molar-refractivity contribution in [3.8, 4) is 0 Å². The lowest BCUT2D eigenvalue weighted by atomic mass is 10.2. The number of nitrogens with two attached hydrogens (primary N) is 1. The van der Waals surface area contributed by atoms with Crippen molar-refractivity contribution in [2.75, 3.05) is 0 Å². The highest BCUT2D eigenvalue weighted by Gasteiger charge is 2.45. The molecular weight excluding hydrogens is 86.1 g/mol. The number of hydrogen-bond donors (Lipinski definition) is 1. The highest BCUT2D eigenvalue weighted by Crippen LogP contribution is 2.50. The number of fused-ring (bicyclic) bond motifs is 1. The summed E-state index contributed by atoms with van der Waals surface area (Å²) < 4.78 is 0. The van der Waals surface area contributed by atoms with Crippen molar-refractivity contribution < 1.29 is 0 Å². The fourth-order valence-corrected chi connectivity index (χ4v) is 1.75. The normalized spacial score (nSPS) is 57.0. The summed E-state index contributed by atoms with van der Waals surface area (Å²) in [6.07, 6.45) is 4.17. The predicted molar refractivity (Wildman–Crippen MR) is 28.8 cm³/mol. The maximum Gasteiger partial charge on any atom is 0.00700 e. The van der Waals surface area contributed by atoms with Gasteiger partial charge in [0.1, 0.15) is 0 Å². The van der Waals surface area contributed by atoms with Crippen LogP contribution < -0.4 is 5.73 Å². The standard InChI is InChI=1S/C6H11N/c7-6-2-1-4-3-5(4)6/h4-6H,1-3,7H2. The quantitative estimate of drug-likeness (QED) is 0.474. The third-order valence-corrected chi connectivity index (χ3v) is 2.40. The largest absolute Gasteiger partial charge is 0.327 e. The fraction of sp³-hybridized carbons (Fsp3) is 1.00. The van der Waals surface area contributed by atoms with E-state index in [9.17, 15) is 0 Å². The Kier molecular flexibility index (Phi) is 0.571. The Bertz CT molecular complexity index is 90.2. The summed E-state index contributed by atoms with van der Waals surface area (Å²) in [7, 11) is 0. The molecule has 1 heteroatoms. The van der Waals surface area contributed by atoms with Gasteiger partial charge in [-0.2, -0.15) is 0 Å². The molecule has 0 saturated heterocycles. The topological polar surface area (TPSA) is 26.0 Å². The first kappa shape index (κ1) is 3.90. The Hall–Kier alpha value is -0.0400. The van der Waals surface area contributed by atoms with Crippen LogP contribution in [0.15, 0.2) is 0 Å². The van der Waals surface area contributed by atoms with Crippen LogP contribution in [-0.2, 0) is 0 Å². The van der Waals surface area contributed by atoms with Gasteiger partial charge >= 0.3 is 0 Å². The highest BCUT2D eigenvalue weighted by atomic mass is 14.7. The average Bonchev–Trinajstić information content (AvgIpc) is 2.33. The summed E-state index contributed by atoms with van der Waals surface area (Å²) >= 11 is 0. The van der Waals surface area contributed by atoms with Gasteiger partial charge in [-0.25, -0.2) is 0 Å². The van der Waals surface area contributed by atoms with E-state index >= 15 is 0 Å². The van der Waals surface area contributed by atoms with E-state index in [2.05, 4.69) is 0 Å². The van der Waals surface area contributed by atoms with Gasteiger partial charge < -0.3 is 5.73 Å². The molecule has 2 rings (SSSR count). The molecule has 0 heterocycles. The van der Waals surface area contributed by atoms with E-state index in [1.54, 1.807) is 0 Å². The van der Waals surface area contributed by atoms with Crippen molar-refractivity contribution in [1.82, 2.24) is 0 Å². The Balaban J connectivity index is 2.08. The van der Waals surface area contributed by atoms with Crippen molar-refractivity contribution in [3.05, 3.63) is 0 Å². The molecule has 0 bridgehead atoms. The van der Waals surface area contributed by atoms with Crippen LogP contribution in [0.2, 0.25) is 0 Å². The van der Waals surface area contributed by atoms with Gasteiger partial charge in [0.15, 0.2) is 0 Å². The molecule has 3 atom stereocenters. The van der Waals surface area contributed by atoms with Crippen molar-refractivity contribution >= 4 is 0 Å². The molecule has 0 aliphatic heterocycles. The van der Waals surface area contributed by atoms with E-state index in [0.29, 0.717) is 6.04 Å². The van der Waals surface area contributed by atoms with Gasteiger partial charge in [-0.05, 0) is 31.1 Å². The molecule has 0 aromatic carbocycles. The van der Waals surface area contributed by atoms with Crippen LogP contribution in [0, 0.1) is 11.8 Å². The van der Waals surface area contributed by atoms with Gasteiger partial charge in [0.25, 0.3) is 0 Å². The van der Waals surface area contributed by atoms with E-state index in [4.69, 9.17) is 5.73 Å². The summed E-state index contributed by atoms with van der Waals surface area (Å²) in [5.41, 5.74) is 5.72. The van der Waals surface area contributed by atoms with Gasteiger partial charge in [-0.15, -0.1) is 0 Å². The van der Waals surface area contributed by atoms with Crippen molar-refractivity contribution in [2.45, 2.75) is 25.3 Å². The summed E-state index contributed by atoms with van der Waals surface area (Å²) in [6, 6.07) is 0.588. The van der Waals surface area contributed by atoms with Crippen LogP contribution >= 0.6 is 0 Å². The Morgan fingerprint density at radius 1 is 1.29 bits per heavy atom. The second-order valence-corrected chi connectivity index (χ2v) is 2.90. The lowest BCUT2D eigenvalue weighted by Gasteiger charge is -1.99. The minimum absolute atomic E-state index is 0.588. The molecular formula is C6H11N. The van der Waals surface area contributed by atoms with E-state index in [0.717, 1.165) is 11.8 Å². The van der Waals surface area contributed by atoms with E-state index in [1.165, 1.54) is 19.3 Å². The zero-order valence-corrected chi connectivity index (χ0v) is 4.43. The minimum atomic E-state index is 0.588. The smallest absolute Gasteiger partial charge is 0.00700 e. The highest BCUT2D eigenvalue weighted by molar-refractivity contribution is 4.99. The molecule has 2 fully saturated rings. The molecule has 0 aromatic heterocycles. The van der Waals surface area contributed by atoms with Gasteiger partial charge in [0.05, 0.1) is 0 Å². The van der Waals surface area contributed by atoms with Crippen LogP contribution in [0.5, 0.6) is 0 Å². The summed E-state index contributed by atoms with van der Waals surface area (Å²) in [4.78, 5) is 0. The molecule has 3 unspecified atom stereocenters. The molecule has 2 saturated carbocycles. The van der Waals surface area contributed by atoms with Crippen LogP contribution in [0.4, 0.5) is 0 Å². The monoisotopic (exact) mass is 97.1 g/mol. The van der Waals surface area contributed by atoms with Crippen molar-refractivity contribution in [3.63, 3.8) is 0 Å². The van der Waals surface area contributed by atoms with Crippen molar-refractivity contribution in [2.24, 2.45) is 17.6 Å². The fourth-order valence-electron chi connectivity index (χ4n) is 1.75. The maximum atomic E-state index is 5.72. The van der Waals surface area contributed by atoms with E-state index < -0.39 is 0 Å². The third-order valence-electron chi connectivity index (χ3n) is 2.40. The summed E-state index contributed by atoms with van der Waals surface area (Å²) in [6.45, 7) is 0. The van der Waals surface area contributed by atoms with Gasteiger partial charge in [0.2, 0.25) is 0 Å². The molecule has 2 aliphatic carbocycles. The Morgan fingerprint density at radius 2 is 2.14 bits per heavy atom. The lowest BCUT2D eigenvalue weighted by Crippen LogP contribution is -2.18. The zero-order valence-electron chi connectivity index (χ0n) is 4.43. The van der Waals surface area contributed by atoms with E-state index in [-0.39, 0.29) is 0 Å². The molecule has 0 amide bonds. The summed E-state index contributed by atoms with van der Waals surface area (Å²) in [5, 5.41) is 0. The lowest BCUT2D eigenvalue weighted by molar-refractivity contribution is 0.614. The first-order chi connectivity index (χ1) is 3.38. The maximum absolute atomic E-state index is 5.72. The van der Waals surface area contributed by atoms with Gasteiger partial charge in [-0.1, -0.05) is 0 Å². The molecule has 0 radical (unpaired) electrons. The molecule has 2 N–H and O–H groups in total. The first-order valence-corrected chi connectivity index (χ1v) is 3.13. The Labute approximate surface area is 43.9 Å². The van der Waals surface area contributed by atoms with E-state index in [1.807, 2.05) is 0 Å². The van der Waals surface area contributed by atoms with Crippen molar-refractivity contribution in [1.29, 1.82) is 0 Å². The third kappa shape index (κ3) is 0.418. The van der Waals surface area contributed by atoms with Gasteiger partial charge in [0, 0.05) is 6.04 Å². The predicted octanol–water partition coefficient (Wildman–Crippen LogP) is 0.744. The number of hydrogen-bond acceptors (Lipinski definition) is 1. The van der Waals surface area contributed by atoms with Crippen LogP contribution in [0.25, 0.3) is 0 Å². The average molecular weight is 97.2 g/mol. The zero-order chi connectivity index (χ0) is 4.85. The molecule has 2 aliphatic rings. The minimum Gasteiger partial charge on any atom is -0.327 e. The molecule has 0 aromatic rings. The molecule has 0 spiro atoms. The first-order valence-electron chi connectivity index (χ1n) is 3.13. The SMILES string of the molecule is NC1CCC2CC12. The second kappa shape index (κ2) is 1.03. The van der Waals surface area contributed by atoms with Crippen LogP contribution in [-0.4, -0.2) is 6.04 Å². The van der Waals surface area contributed by atoms with Crippen LogP contribution in [0.3, 0.4) is 0 Å². The summed E-state index contributed by atoms with van der Waals surface area (Å²) in [5.74, 6) is 2.02. The number of rotatable bonds is 0. The molecule has 1 nitrogen and oxygen atoms in total. The molecule has 40 valence electrons. The Morgan fingerprint density at radius 3 is 2.29 bits per heavy atom. The molecule has 7 heavy (non-hydrogen) atoms. The van der Waals surface area contributed by atoms with Crippen LogP contribution in [0.1, 0.15) is 19.3 Å². The second-order valence-electron chi connectivity index (χ2n) is 2.90.